The lowest BCUT2D eigenvalue weighted by molar-refractivity contribution is 0.0909. The Morgan fingerprint density at radius 2 is 2.08 bits per heavy atom. The summed E-state index contributed by atoms with van der Waals surface area (Å²) >= 11 is 7.63. The van der Waals surface area contributed by atoms with Gasteiger partial charge in [-0.1, -0.05) is 19.6 Å². The van der Waals surface area contributed by atoms with Crippen molar-refractivity contribution in [1.82, 2.24) is 19.5 Å². The number of halogens is 1. The van der Waals surface area contributed by atoms with Gasteiger partial charge in [-0.3, -0.25) is 4.57 Å². The summed E-state index contributed by atoms with van der Waals surface area (Å²) in [5, 5.41) is 1.80. The van der Waals surface area contributed by atoms with E-state index in [-0.39, 0.29) is 5.28 Å². The summed E-state index contributed by atoms with van der Waals surface area (Å²) in [5.41, 5.74) is 7.63. The predicted molar refractivity (Wildman–Crippen MR) is 107 cm³/mol. The van der Waals surface area contributed by atoms with E-state index in [2.05, 4.69) is 34.6 Å². The third-order valence-electron chi connectivity index (χ3n) is 3.81. The summed E-state index contributed by atoms with van der Waals surface area (Å²) < 4.78 is 7.92. The molecule has 0 amide bonds. The van der Waals surface area contributed by atoms with Crippen molar-refractivity contribution < 1.29 is 4.74 Å². The van der Waals surface area contributed by atoms with E-state index < -0.39 is 8.07 Å². The average molecular weight is 396 g/mol. The minimum atomic E-state index is -1.14. The topological polar surface area (TPSA) is 78.9 Å². The van der Waals surface area contributed by atoms with Gasteiger partial charge < -0.3 is 10.5 Å². The number of nitrogen functional groups attached to an aromatic ring is 1. The van der Waals surface area contributed by atoms with E-state index in [0.717, 1.165) is 33.6 Å². The zero-order valence-electron chi connectivity index (χ0n) is 14.8. The summed E-state index contributed by atoms with van der Waals surface area (Å²) in [7, 11) is -1.14. The van der Waals surface area contributed by atoms with E-state index >= 15 is 0 Å². The van der Waals surface area contributed by atoms with Crippen molar-refractivity contribution in [3.63, 3.8) is 0 Å². The Morgan fingerprint density at radius 3 is 2.72 bits per heavy atom. The van der Waals surface area contributed by atoms with Gasteiger partial charge in [0, 0.05) is 25.8 Å². The lowest BCUT2D eigenvalue weighted by atomic mass is 10.3. The van der Waals surface area contributed by atoms with Crippen LogP contribution in [-0.4, -0.2) is 34.2 Å². The van der Waals surface area contributed by atoms with Gasteiger partial charge in [0.15, 0.2) is 0 Å². The van der Waals surface area contributed by atoms with Gasteiger partial charge in [-0.15, -0.1) is 11.3 Å². The molecular weight excluding hydrogens is 374 g/mol. The Kier molecular flexibility index (Phi) is 5.15. The number of anilines is 1. The molecule has 134 valence electrons. The molecule has 0 spiro atoms. The van der Waals surface area contributed by atoms with Gasteiger partial charge in [0.05, 0.1) is 11.1 Å². The van der Waals surface area contributed by atoms with Crippen molar-refractivity contribution in [3.05, 3.63) is 22.4 Å². The van der Waals surface area contributed by atoms with Crippen LogP contribution in [0.4, 0.5) is 5.82 Å². The molecule has 9 heteroatoms. The molecule has 0 aliphatic rings. The number of nitrogens with two attached hydrogens (primary N) is 1. The zero-order valence-corrected chi connectivity index (χ0v) is 17.4. The maximum atomic E-state index is 6.03. The lowest BCUT2D eigenvalue weighted by Crippen LogP contribution is -2.22. The van der Waals surface area contributed by atoms with Crippen molar-refractivity contribution in [2.45, 2.75) is 39.3 Å². The van der Waals surface area contributed by atoms with E-state index in [9.17, 15) is 0 Å². The Morgan fingerprint density at radius 1 is 1.32 bits per heavy atom. The molecule has 0 unspecified atom stereocenters. The zero-order chi connectivity index (χ0) is 18.2. The molecule has 0 atom stereocenters. The number of hydrogen-bond acceptors (Lipinski definition) is 6. The highest BCUT2D eigenvalue weighted by atomic mass is 35.5. The van der Waals surface area contributed by atoms with Crippen molar-refractivity contribution in [2.24, 2.45) is 0 Å². The lowest BCUT2D eigenvalue weighted by Gasteiger charge is -2.16. The number of aromatic nitrogens is 4. The molecule has 0 saturated heterocycles. The molecule has 0 aromatic carbocycles. The summed E-state index contributed by atoms with van der Waals surface area (Å²) in [6, 6.07) is 3.07. The molecule has 0 saturated carbocycles. The van der Waals surface area contributed by atoms with Crippen molar-refractivity contribution in [2.75, 3.05) is 12.3 Å². The molecule has 0 bridgehead atoms. The molecule has 3 heterocycles. The van der Waals surface area contributed by atoms with Crippen LogP contribution in [0.1, 0.15) is 4.88 Å². The summed E-state index contributed by atoms with van der Waals surface area (Å²) in [4.78, 5) is 14.0. The van der Waals surface area contributed by atoms with Gasteiger partial charge in [0.2, 0.25) is 5.28 Å². The second-order valence-electron chi connectivity index (χ2n) is 7.20. The molecule has 25 heavy (non-hydrogen) atoms. The smallest absolute Gasteiger partial charge is 0.226 e. The van der Waals surface area contributed by atoms with E-state index in [1.165, 1.54) is 0 Å². The van der Waals surface area contributed by atoms with Crippen LogP contribution in [-0.2, 0) is 11.5 Å². The first-order valence-electron chi connectivity index (χ1n) is 8.07. The van der Waals surface area contributed by atoms with Crippen LogP contribution in [0.25, 0.3) is 21.7 Å². The SMILES string of the molecule is Cc1cnc(-c2cc3c(N)nc(Cl)nc3n2COCC[Si](C)(C)C)s1. The van der Waals surface area contributed by atoms with E-state index in [4.69, 9.17) is 22.1 Å². The number of nitrogens with zero attached hydrogens (tertiary/aromatic N) is 4. The molecular formula is C16H22ClN5OSSi. The Bertz CT molecular complexity index is 902. The standard InChI is InChI=1S/C16H22ClN5OSSi/c1-10-8-19-15(24-10)12-7-11-13(18)20-16(17)21-14(11)22(12)9-23-5-6-25(2,3)4/h7-8H,5-6,9H2,1-4H3,(H2,18,20,21). The number of ether oxygens (including phenoxy) is 1. The average Bonchev–Trinajstić information content (AvgIpc) is 3.07. The van der Waals surface area contributed by atoms with Crippen LogP contribution in [0.2, 0.25) is 31.0 Å². The number of aryl methyl sites for hydroxylation is 1. The predicted octanol–water partition coefficient (Wildman–Crippen LogP) is 4.41. The van der Waals surface area contributed by atoms with Crippen molar-refractivity contribution in [3.8, 4) is 10.7 Å². The monoisotopic (exact) mass is 395 g/mol. The highest BCUT2D eigenvalue weighted by molar-refractivity contribution is 7.14. The molecule has 6 nitrogen and oxygen atoms in total. The van der Waals surface area contributed by atoms with Crippen LogP contribution in [0.15, 0.2) is 12.3 Å². The number of thiazole rings is 1. The number of fused-ring (bicyclic) bond motifs is 1. The fourth-order valence-corrected chi connectivity index (χ4v) is 4.15. The van der Waals surface area contributed by atoms with Crippen LogP contribution in [0.3, 0.4) is 0 Å². The van der Waals surface area contributed by atoms with Crippen molar-refractivity contribution in [1.29, 1.82) is 0 Å². The second kappa shape index (κ2) is 7.03. The quantitative estimate of drug-likeness (QED) is 0.380. The molecule has 2 N–H and O–H groups in total. The largest absolute Gasteiger partial charge is 0.383 e. The first-order chi connectivity index (χ1) is 11.7. The molecule has 3 aromatic rings. The highest BCUT2D eigenvalue weighted by Gasteiger charge is 2.18. The van der Waals surface area contributed by atoms with Crippen molar-refractivity contribution >= 4 is 47.9 Å². The molecule has 0 fully saturated rings. The fourth-order valence-electron chi connectivity index (χ4n) is 2.43. The first kappa shape index (κ1) is 18.3. The minimum absolute atomic E-state index is 0.133. The van der Waals surface area contributed by atoms with Gasteiger partial charge in [-0.05, 0) is 30.6 Å². The number of rotatable bonds is 6. The van der Waals surface area contributed by atoms with Gasteiger partial charge in [-0.25, -0.2) is 9.97 Å². The van der Waals surface area contributed by atoms with E-state index in [1.807, 2.05) is 23.8 Å². The third kappa shape index (κ3) is 4.20. The summed E-state index contributed by atoms with van der Waals surface area (Å²) in [6.07, 6.45) is 1.86. The second-order valence-corrected chi connectivity index (χ2v) is 14.4. The molecule has 0 aliphatic carbocycles. The minimum Gasteiger partial charge on any atom is -0.383 e. The Balaban J connectivity index is 1.98. The fraction of sp³-hybridized carbons (Fsp3) is 0.438. The normalized spacial score (nSPS) is 12.2. The van der Waals surface area contributed by atoms with Gasteiger partial charge in [-0.2, -0.15) is 4.98 Å². The Hall–Kier alpha value is -1.48. The van der Waals surface area contributed by atoms with Crippen LogP contribution < -0.4 is 5.73 Å². The molecule has 0 radical (unpaired) electrons. The van der Waals surface area contributed by atoms with Crippen LogP contribution >= 0.6 is 22.9 Å². The van der Waals surface area contributed by atoms with Crippen LogP contribution in [0.5, 0.6) is 0 Å². The maximum absolute atomic E-state index is 6.03. The third-order valence-corrected chi connectivity index (χ3v) is 6.62. The molecule has 3 rings (SSSR count). The van der Waals surface area contributed by atoms with E-state index in [0.29, 0.717) is 18.2 Å². The van der Waals surface area contributed by atoms with Gasteiger partial charge >= 0.3 is 0 Å². The maximum Gasteiger partial charge on any atom is 0.226 e. The van der Waals surface area contributed by atoms with Gasteiger partial charge in [0.1, 0.15) is 23.2 Å². The van der Waals surface area contributed by atoms with E-state index in [1.54, 1.807) is 11.3 Å². The summed E-state index contributed by atoms with van der Waals surface area (Å²) in [6.45, 7) is 10.1. The van der Waals surface area contributed by atoms with Gasteiger partial charge in [0.25, 0.3) is 0 Å². The summed E-state index contributed by atoms with van der Waals surface area (Å²) in [5.74, 6) is 0.366. The number of hydrogen-bond donors (Lipinski definition) is 1. The molecule has 3 aromatic heterocycles. The Labute approximate surface area is 157 Å². The first-order valence-corrected chi connectivity index (χ1v) is 13.0. The highest BCUT2D eigenvalue weighted by Crippen LogP contribution is 2.32. The van der Waals surface area contributed by atoms with Crippen LogP contribution in [0, 0.1) is 6.92 Å². The molecule has 0 aliphatic heterocycles.